The van der Waals surface area contributed by atoms with Gasteiger partial charge in [-0.2, -0.15) is 5.10 Å². The standard InChI is InChI=1S/C14H17N3OS/c1-11-9-16-17(10-11)7-6-15-14(18)8-12-2-4-13(19)5-3-12/h2-5,9-10,19H,6-8H2,1H3,(H,15,18). The summed E-state index contributed by atoms with van der Waals surface area (Å²) in [5, 5.41) is 7.05. The van der Waals surface area contributed by atoms with E-state index >= 15 is 0 Å². The van der Waals surface area contributed by atoms with Crippen LogP contribution in [0.2, 0.25) is 0 Å². The maximum absolute atomic E-state index is 11.7. The van der Waals surface area contributed by atoms with Crippen LogP contribution < -0.4 is 5.32 Å². The van der Waals surface area contributed by atoms with Crippen LogP contribution in [0.15, 0.2) is 41.6 Å². The van der Waals surface area contributed by atoms with Crippen molar-refractivity contribution in [2.75, 3.05) is 6.54 Å². The number of hydrogen-bond acceptors (Lipinski definition) is 3. The summed E-state index contributed by atoms with van der Waals surface area (Å²) in [5.41, 5.74) is 2.11. The second kappa shape index (κ2) is 6.43. The molecule has 0 aliphatic heterocycles. The van der Waals surface area contributed by atoms with E-state index in [1.165, 1.54) is 0 Å². The van der Waals surface area contributed by atoms with E-state index in [4.69, 9.17) is 0 Å². The lowest BCUT2D eigenvalue weighted by molar-refractivity contribution is -0.120. The predicted octanol–water partition coefficient (Wildman–Crippen LogP) is 1.84. The molecular weight excluding hydrogens is 258 g/mol. The minimum atomic E-state index is 0.0239. The minimum absolute atomic E-state index is 0.0239. The van der Waals surface area contributed by atoms with Crippen molar-refractivity contribution in [2.45, 2.75) is 24.8 Å². The Kier molecular flexibility index (Phi) is 4.63. The number of amides is 1. The van der Waals surface area contributed by atoms with E-state index in [0.717, 1.165) is 16.0 Å². The van der Waals surface area contributed by atoms with Crippen LogP contribution in [0, 0.1) is 6.92 Å². The number of benzene rings is 1. The molecule has 2 rings (SSSR count). The molecule has 1 aromatic heterocycles. The lowest BCUT2D eigenvalue weighted by Gasteiger charge is -2.05. The molecule has 0 spiro atoms. The zero-order valence-electron chi connectivity index (χ0n) is 10.8. The molecule has 100 valence electrons. The molecule has 0 aliphatic rings. The van der Waals surface area contributed by atoms with Gasteiger partial charge in [0.05, 0.1) is 19.2 Å². The van der Waals surface area contributed by atoms with Crippen molar-refractivity contribution in [3.63, 3.8) is 0 Å². The minimum Gasteiger partial charge on any atom is -0.354 e. The van der Waals surface area contributed by atoms with Crippen molar-refractivity contribution in [3.8, 4) is 0 Å². The molecule has 0 fully saturated rings. The first kappa shape index (κ1) is 13.7. The van der Waals surface area contributed by atoms with Crippen LogP contribution in [0.5, 0.6) is 0 Å². The highest BCUT2D eigenvalue weighted by atomic mass is 32.1. The molecule has 19 heavy (non-hydrogen) atoms. The molecule has 1 amide bonds. The molecule has 5 heteroatoms. The third kappa shape index (κ3) is 4.44. The average molecular weight is 275 g/mol. The van der Waals surface area contributed by atoms with Gasteiger partial charge in [0, 0.05) is 17.6 Å². The number of thiol groups is 1. The van der Waals surface area contributed by atoms with Crippen LogP contribution in [0.4, 0.5) is 0 Å². The van der Waals surface area contributed by atoms with Crippen LogP contribution in [-0.4, -0.2) is 22.2 Å². The summed E-state index contributed by atoms with van der Waals surface area (Å²) in [6.07, 6.45) is 4.16. The first-order chi connectivity index (χ1) is 9.13. The zero-order valence-corrected chi connectivity index (χ0v) is 11.7. The maximum Gasteiger partial charge on any atom is 0.224 e. The predicted molar refractivity (Wildman–Crippen MR) is 77.4 cm³/mol. The first-order valence-electron chi connectivity index (χ1n) is 6.17. The van der Waals surface area contributed by atoms with E-state index in [-0.39, 0.29) is 5.91 Å². The molecule has 1 heterocycles. The summed E-state index contributed by atoms with van der Waals surface area (Å²) in [6, 6.07) is 7.61. The number of carbonyl (C=O) groups is 1. The zero-order chi connectivity index (χ0) is 13.7. The lowest BCUT2D eigenvalue weighted by atomic mass is 10.1. The number of aryl methyl sites for hydroxylation is 1. The maximum atomic E-state index is 11.7. The van der Waals surface area contributed by atoms with Crippen molar-refractivity contribution in [1.82, 2.24) is 15.1 Å². The van der Waals surface area contributed by atoms with Crippen LogP contribution >= 0.6 is 12.6 Å². The quantitative estimate of drug-likeness (QED) is 0.818. The highest BCUT2D eigenvalue weighted by Crippen LogP contribution is 2.08. The van der Waals surface area contributed by atoms with Gasteiger partial charge >= 0.3 is 0 Å². The molecular formula is C14H17N3OS. The van der Waals surface area contributed by atoms with Gasteiger partial charge in [-0.25, -0.2) is 0 Å². The van der Waals surface area contributed by atoms with Gasteiger partial charge in [0.25, 0.3) is 0 Å². The Labute approximate surface area is 118 Å². The van der Waals surface area contributed by atoms with Crippen molar-refractivity contribution in [1.29, 1.82) is 0 Å². The Bertz CT molecular complexity index is 548. The Morgan fingerprint density at radius 1 is 1.37 bits per heavy atom. The van der Waals surface area contributed by atoms with Crippen LogP contribution in [-0.2, 0) is 17.8 Å². The largest absolute Gasteiger partial charge is 0.354 e. The fraction of sp³-hybridized carbons (Fsp3) is 0.286. The molecule has 4 nitrogen and oxygen atoms in total. The number of carbonyl (C=O) groups excluding carboxylic acids is 1. The second-order valence-corrected chi connectivity index (χ2v) is 4.99. The number of nitrogens with one attached hydrogen (secondary N) is 1. The Balaban J connectivity index is 1.74. The van der Waals surface area contributed by atoms with Gasteiger partial charge in [-0.3, -0.25) is 9.48 Å². The van der Waals surface area contributed by atoms with Crippen molar-refractivity contribution in [2.24, 2.45) is 0 Å². The molecule has 0 unspecified atom stereocenters. The van der Waals surface area contributed by atoms with E-state index in [0.29, 0.717) is 19.5 Å². The number of rotatable bonds is 5. The highest BCUT2D eigenvalue weighted by molar-refractivity contribution is 7.80. The summed E-state index contributed by atoms with van der Waals surface area (Å²) in [4.78, 5) is 12.6. The normalized spacial score (nSPS) is 10.4. The van der Waals surface area contributed by atoms with Crippen LogP contribution in [0.3, 0.4) is 0 Å². The summed E-state index contributed by atoms with van der Waals surface area (Å²) < 4.78 is 1.82. The molecule has 1 N–H and O–H groups in total. The van der Waals surface area contributed by atoms with Gasteiger partial charge in [0.2, 0.25) is 5.91 Å². The van der Waals surface area contributed by atoms with Gasteiger partial charge in [0.15, 0.2) is 0 Å². The first-order valence-corrected chi connectivity index (χ1v) is 6.62. The summed E-state index contributed by atoms with van der Waals surface area (Å²) in [5.74, 6) is 0.0239. The van der Waals surface area contributed by atoms with Crippen molar-refractivity contribution < 1.29 is 4.79 Å². The van der Waals surface area contributed by atoms with Crippen molar-refractivity contribution >= 4 is 18.5 Å². The van der Waals surface area contributed by atoms with Crippen molar-refractivity contribution in [3.05, 3.63) is 47.8 Å². The molecule has 0 bridgehead atoms. The smallest absolute Gasteiger partial charge is 0.224 e. The molecule has 0 saturated carbocycles. The molecule has 0 aliphatic carbocycles. The van der Waals surface area contributed by atoms with E-state index in [1.807, 2.05) is 42.1 Å². The topological polar surface area (TPSA) is 46.9 Å². The molecule has 2 aromatic rings. The second-order valence-electron chi connectivity index (χ2n) is 4.47. The summed E-state index contributed by atoms with van der Waals surface area (Å²) >= 11 is 4.21. The van der Waals surface area contributed by atoms with E-state index in [9.17, 15) is 4.79 Å². The molecule has 0 radical (unpaired) electrons. The SMILES string of the molecule is Cc1cnn(CCNC(=O)Cc2ccc(S)cc2)c1. The number of nitrogens with zero attached hydrogens (tertiary/aromatic N) is 2. The molecule has 0 saturated heterocycles. The highest BCUT2D eigenvalue weighted by Gasteiger charge is 2.03. The van der Waals surface area contributed by atoms with E-state index < -0.39 is 0 Å². The third-order valence-electron chi connectivity index (χ3n) is 2.73. The number of aromatic nitrogens is 2. The third-order valence-corrected chi connectivity index (χ3v) is 3.02. The Morgan fingerprint density at radius 3 is 2.74 bits per heavy atom. The summed E-state index contributed by atoms with van der Waals surface area (Å²) in [6.45, 7) is 3.27. The average Bonchev–Trinajstić information content (AvgIpc) is 2.78. The van der Waals surface area contributed by atoms with Gasteiger partial charge in [-0.1, -0.05) is 12.1 Å². The van der Waals surface area contributed by atoms with Gasteiger partial charge in [-0.05, 0) is 30.2 Å². The van der Waals surface area contributed by atoms with E-state index in [2.05, 4.69) is 23.0 Å². The molecule has 0 atom stereocenters. The number of hydrogen-bond donors (Lipinski definition) is 2. The lowest BCUT2D eigenvalue weighted by Crippen LogP contribution is -2.28. The van der Waals surface area contributed by atoms with Gasteiger partial charge in [0.1, 0.15) is 0 Å². The Hall–Kier alpha value is -1.75. The van der Waals surface area contributed by atoms with Crippen LogP contribution in [0.25, 0.3) is 0 Å². The fourth-order valence-electron chi connectivity index (χ4n) is 1.76. The van der Waals surface area contributed by atoms with Gasteiger partial charge in [-0.15, -0.1) is 12.6 Å². The monoisotopic (exact) mass is 275 g/mol. The summed E-state index contributed by atoms with van der Waals surface area (Å²) in [7, 11) is 0. The van der Waals surface area contributed by atoms with E-state index in [1.54, 1.807) is 6.20 Å². The molecule has 1 aromatic carbocycles. The van der Waals surface area contributed by atoms with Crippen LogP contribution in [0.1, 0.15) is 11.1 Å². The Morgan fingerprint density at radius 2 is 2.11 bits per heavy atom. The van der Waals surface area contributed by atoms with Gasteiger partial charge < -0.3 is 5.32 Å². The fourth-order valence-corrected chi connectivity index (χ4v) is 1.91.